The van der Waals surface area contributed by atoms with E-state index in [2.05, 4.69) is 49.4 Å². The maximum atomic E-state index is 11.3. The summed E-state index contributed by atoms with van der Waals surface area (Å²) in [6, 6.07) is 8.59. The van der Waals surface area contributed by atoms with Gasteiger partial charge in [0.1, 0.15) is 0 Å². The van der Waals surface area contributed by atoms with E-state index in [1.165, 1.54) is 28.0 Å². The molecule has 2 fully saturated rings. The van der Waals surface area contributed by atoms with Gasteiger partial charge >= 0.3 is 0 Å². The molecule has 0 saturated carbocycles. The molecule has 2 aromatic heterocycles. The predicted octanol–water partition coefficient (Wildman–Crippen LogP) is 2.13. The molecule has 4 heterocycles. The largest absolute Gasteiger partial charge is 0.339 e. The number of anilines is 1. The molecule has 0 aliphatic carbocycles. The molecule has 5 rings (SSSR count). The molecule has 2 aliphatic heterocycles. The molecule has 1 amide bonds. The van der Waals surface area contributed by atoms with Crippen LogP contribution < -0.4 is 10.4 Å². The summed E-state index contributed by atoms with van der Waals surface area (Å²) in [5.41, 5.74) is 3.59. The summed E-state index contributed by atoms with van der Waals surface area (Å²) in [4.78, 5) is 24.4. The molecule has 0 atom stereocenters. The number of nitrogens with zero attached hydrogens (tertiary/aromatic N) is 4. The molecule has 3 aromatic rings. The zero-order valence-electron chi connectivity index (χ0n) is 14.6. The Balaban J connectivity index is 1.17. The van der Waals surface area contributed by atoms with E-state index in [1.807, 2.05) is 11.3 Å². The second-order valence-electron chi connectivity index (χ2n) is 7.47. The van der Waals surface area contributed by atoms with Crippen LogP contribution in [0.2, 0.25) is 0 Å². The van der Waals surface area contributed by atoms with Crippen LogP contribution in [0.4, 0.5) is 5.95 Å². The van der Waals surface area contributed by atoms with Gasteiger partial charge in [-0.3, -0.25) is 14.9 Å². The van der Waals surface area contributed by atoms with Gasteiger partial charge in [0.25, 0.3) is 5.91 Å². The fourth-order valence-corrected chi connectivity index (χ4v) is 5.14. The van der Waals surface area contributed by atoms with Crippen molar-refractivity contribution in [3.05, 3.63) is 53.2 Å². The Kier molecular flexibility index (Phi) is 3.85. The average molecular weight is 381 g/mol. The summed E-state index contributed by atoms with van der Waals surface area (Å²) >= 11 is 1.82. The second kappa shape index (κ2) is 6.26. The molecule has 2 N–H and O–H groups in total. The van der Waals surface area contributed by atoms with Crippen LogP contribution in [0, 0.1) is 5.41 Å². The fraction of sp³-hybridized carbons (Fsp3) is 0.316. The number of likely N-dealkylation sites (tertiary alicyclic amines) is 1. The predicted molar refractivity (Wildman–Crippen MR) is 103 cm³/mol. The number of benzene rings is 1. The zero-order valence-corrected chi connectivity index (χ0v) is 15.4. The van der Waals surface area contributed by atoms with E-state index in [1.54, 1.807) is 5.48 Å². The first-order chi connectivity index (χ1) is 13.2. The van der Waals surface area contributed by atoms with Gasteiger partial charge in [-0.05, 0) is 22.4 Å². The van der Waals surface area contributed by atoms with Crippen molar-refractivity contribution < 1.29 is 10.0 Å². The third kappa shape index (κ3) is 2.86. The lowest BCUT2D eigenvalue weighted by atomic mass is 9.73. The van der Waals surface area contributed by atoms with Crippen molar-refractivity contribution in [1.29, 1.82) is 0 Å². The highest BCUT2D eigenvalue weighted by Crippen LogP contribution is 2.42. The summed E-state index contributed by atoms with van der Waals surface area (Å²) in [6.07, 6.45) is 2.88. The molecular weight excluding hydrogens is 362 g/mol. The normalized spacial score (nSPS) is 18.3. The van der Waals surface area contributed by atoms with Crippen LogP contribution in [-0.4, -0.2) is 52.2 Å². The van der Waals surface area contributed by atoms with Crippen molar-refractivity contribution in [1.82, 2.24) is 20.3 Å². The number of hydrogen-bond acceptors (Lipinski definition) is 7. The highest BCUT2D eigenvalue weighted by atomic mass is 32.1. The summed E-state index contributed by atoms with van der Waals surface area (Å²) in [5, 5.41) is 12.3. The number of fused-ring (bicyclic) bond motifs is 1. The van der Waals surface area contributed by atoms with E-state index < -0.39 is 5.91 Å². The molecule has 2 saturated heterocycles. The number of thiophene rings is 1. The number of carbonyl (C=O) groups excluding carboxylic acids is 1. The van der Waals surface area contributed by atoms with E-state index in [4.69, 9.17) is 5.21 Å². The van der Waals surface area contributed by atoms with Crippen molar-refractivity contribution in [2.45, 2.75) is 6.54 Å². The minimum Gasteiger partial charge on any atom is -0.339 e. The number of carbonyl (C=O) groups is 1. The number of nitrogens with one attached hydrogen (secondary N) is 1. The number of hydrogen-bond donors (Lipinski definition) is 2. The molecule has 27 heavy (non-hydrogen) atoms. The van der Waals surface area contributed by atoms with E-state index in [-0.39, 0.29) is 5.56 Å². The number of hydroxylamine groups is 1. The van der Waals surface area contributed by atoms with Gasteiger partial charge in [0.2, 0.25) is 5.95 Å². The Morgan fingerprint density at radius 3 is 2.67 bits per heavy atom. The molecule has 7 nitrogen and oxygen atoms in total. The Bertz CT molecular complexity index is 989. The summed E-state index contributed by atoms with van der Waals surface area (Å²) in [5.74, 6) is 0.0367. The summed E-state index contributed by atoms with van der Waals surface area (Å²) in [6.45, 7) is 5.09. The van der Waals surface area contributed by atoms with Crippen molar-refractivity contribution in [2.75, 3.05) is 31.1 Å². The second-order valence-corrected chi connectivity index (χ2v) is 8.38. The highest BCUT2D eigenvalue weighted by Gasteiger charge is 2.52. The SMILES string of the molecule is O=C(NO)c1cnc(N2CC3(CN(Cc4csc5ccccc45)C3)C2)nc1. The van der Waals surface area contributed by atoms with Crippen molar-refractivity contribution in [3.8, 4) is 0 Å². The van der Waals surface area contributed by atoms with E-state index in [0.29, 0.717) is 11.4 Å². The van der Waals surface area contributed by atoms with Crippen LogP contribution in [0.25, 0.3) is 10.1 Å². The van der Waals surface area contributed by atoms with Crippen LogP contribution in [0.1, 0.15) is 15.9 Å². The number of rotatable bonds is 4. The Labute approximate surface area is 160 Å². The van der Waals surface area contributed by atoms with E-state index in [9.17, 15) is 4.79 Å². The van der Waals surface area contributed by atoms with Gasteiger partial charge in [0.15, 0.2) is 0 Å². The van der Waals surface area contributed by atoms with Crippen LogP contribution in [0.15, 0.2) is 42.0 Å². The first-order valence-corrected chi connectivity index (χ1v) is 9.73. The van der Waals surface area contributed by atoms with Gasteiger partial charge in [-0.25, -0.2) is 15.4 Å². The first kappa shape index (κ1) is 16.6. The Morgan fingerprint density at radius 2 is 1.93 bits per heavy atom. The first-order valence-electron chi connectivity index (χ1n) is 8.85. The molecule has 0 bridgehead atoms. The van der Waals surface area contributed by atoms with Crippen molar-refractivity contribution in [3.63, 3.8) is 0 Å². The van der Waals surface area contributed by atoms with Gasteiger partial charge in [0.05, 0.1) is 5.56 Å². The van der Waals surface area contributed by atoms with Crippen LogP contribution >= 0.6 is 11.3 Å². The lowest BCUT2D eigenvalue weighted by molar-refractivity contribution is -0.0277. The third-order valence-corrected chi connectivity index (χ3v) is 6.42. The van der Waals surface area contributed by atoms with Gasteiger partial charge in [-0.15, -0.1) is 11.3 Å². The van der Waals surface area contributed by atoms with Gasteiger partial charge in [-0.1, -0.05) is 18.2 Å². The average Bonchev–Trinajstić information content (AvgIpc) is 3.05. The minimum absolute atomic E-state index is 0.245. The van der Waals surface area contributed by atoms with Gasteiger partial charge < -0.3 is 4.90 Å². The van der Waals surface area contributed by atoms with Crippen LogP contribution in [0.5, 0.6) is 0 Å². The maximum Gasteiger partial charge on any atom is 0.277 e. The van der Waals surface area contributed by atoms with Crippen molar-refractivity contribution in [2.24, 2.45) is 5.41 Å². The highest BCUT2D eigenvalue weighted by molar-refractivity contribution is 7.17. The third-order valence-electron chi connectivity index (χ3n) is 5.41. The van der Waals surface area contributed by atoms with E-state index >= 15 is 0 Å². The summed E-state index contributed by atoms with van der Waals surface area (Å²) in [7, 11) is 0. The molecule has 0 radical (unpaired) electrons. The molecule has 1 aromatic carbocycles. The van der Waals surface area contributed by atoms with Crippen LogP contribution in [0.3, 0.4) is 0 Å². The topological polar surface area (TPSA) is 81.6 Å². The smallest absolute Gasteiger partial charge is 0.277 e. The van der Waals surface area contributed by atoms with Crippen LogP contribution in [-0.2, 0) is 6.54 Å². The number of aromatic nitrogens is 2. The molecule has 8 heteroatoms. The molecular formula is C19H19N5O2S. The van der Waals surface area contributed by atoms with Crippen molar-refractivity contribution >= 4 is 33.3 Å². The maximum absolute atomic E-state index is 11.3. The van der Waals surface area contributed by atoms with Gasteiger partial charge in [0, 0.05) is 55.2 Å². The lowest BCUT2D eigenvalue weighted by Gasteiger charge is -2.60. The Morgan fingerprint density at radius 1 is 1.19 bits per heavy atom. The quantitative estimate of drug-likeness (QED) is 0.532. The summed E-state index contributed by atoms with van der Waals surface area (Å²) < 4.78 is 1.35. The zero-order chi connectivity index (χ0) is 18.4. The van der Waals surface area contributed by atoms with E-state index in [0.717, 1.165) is 32.7 Å². The monoisotopic (exact) mass is 381 g/mol. The molecule has 138 valence electrons. The Hall–Kier alpha value is -2.55. The minimum atomic E-state index is -0.600. The molecule has 0 unspecified atom stereocenters. The molecule has 1 spiro atoms. The molecule has 2 aliphatic rings. The fourth-order valence-electron chi connectivity index (χ4n) is 4.18. The number of amides is 1. The van der Waals surface area contributed by atoms with Gasteiger partial charge in [-0.2, -0.15) is 0 Å². The standard InChI is InChI=1S/C19H19N5O2S/c25-17(22-26)13-5-20-18(21-6-13)24-11-19(12-24)9-23(10-19)7-14-8-27-16-4-2-1-3-15(14)16/h1-6,8,26H,7,9-12H2,(H,22,25). The lowest BCUT2D eigenvalue weighted by Crippen LogP contribution is -2.72.